The van der Waals surface area contributed by atoms with E-state index in [0.717, 1.165) is 36.3 Å². The topological polar surface area (TPSA) is 67.4 Å². The predicted molar refractivity (Wildman–Crippen MR) is 109 cm³/mol. The second kappa shape index (κ2) is 8.87. The van der Waals surface area contributed by atoms with E-state index < -0.39 is 5.41 Å². The van der Waals surface area contributed by atoms with Crippen LogP contribution in [0.15, 0.2) is 18.2 Å². The summed E-state index contributed by atoms with van der Waals surface area (Å²) in [4.78, 5) is 25.7. The van der Waals surface area contributed by atoms with Gasteiger partial charge in [0.25, 0.3) is 0 Å². The summed E-state index contributed by atoms with van der Waals surface area (Å²) in [6, 6.07) is 6.10. The van der Waals surface area contributed by atoms with Gasteiger partial charge < -0.3 is 15.4 Å². The van der Waals surface area contributed by atoms with Crippen molar-refractivity contribution in [3.63, 3.8) is 0 Å². The van der Waals surface area contributed by atoms with Crippen LogP contribution < -0.4 is 10.6 Å². The molecule has 0 saturated carbocycles. The predicted octanol–water partition coefficient (Wildman–Crippen LogP) is 4.19. The quantitative estimate of drug-likeness (QED) is 0.703. The van der Waals surface area contributed by atoms with Crippen LogP contribution in [0.1, 0.15) is 77.3 Å². The normalized spacial score (nSPS) is 17.4. The van der Waals surface area contributed by atoms with Crippen molar-refractivity contribution in [2.75, 3.05) is 18.5 Å². The number of carbonyl (C=O) groups excluding carboxylic acids is 2. The van der Waals surface area contributed by atoms with Crippen molar-refractivity contribution in [3.05, 3.63) is 29.3 Å². The summed E-state index contributed by atoms with van der Waals surface area (Å²) in [7, 11) is 0. The molecule has 27 heavy (non-hydrogen) atoms. The van der Waals surface area contributed by atoms with Crippen LogP contribution in [0.3, 0.4) is 0 Å². The Kier molecular flexibility index (Phi) is 7.04. The molecule has 1 aliphatic rings. The number of hydrogen-bond donors (Lipinski definition) is 2. The first-order chi connectivity index (χ1) is 12.6. The highest BCUT2D eigenvalue weighted by atomic mass is 16.5. The average Bonchev–Trinajstić information content (AvgIpc) is 3.12. The molecular formula is C22H34N2O3. The fourth-order valence-corrected chi connectivity index (χ4v) is 3.30. The van der Waals surface area contributed by atoms with Gasteiger partial charge in [-0.2, -0.15) is 0 Å². The zero-order valence-corrected chi connectivity index (χ0v) is 17.5. The number of amides is 2. The van der Waals surface area contributed by atoms with Gasteiger partial charge in [0.15, 0.2) is 0 Å². The van der Waals surface area contributed by atoms with Crippen molar-refractivity contribution in [1.82, 2.24) is 5.32 Å². The maximum atomic E-state index is 13.0. The molecule has 0 bridgehead atoms. The van der Waals surface area contributed by atoms with E-state index in [1.54, 1.807) is 13.8 Å². The van der Waals surface area contributed by atoms with Gasteiger partial charge in [-0.25, -0.2) is 0 Å². The molecule has 5 heteroatoms. The van der Waals surface area contributed by atoms with Gasteiger partial charge in [0.2, 0.25) is 11.8 Å². The monoisotopic (exact) mass is 374 g/mol. The molecule has 2 rings (SSSR count). The van der Waals surface area contributed by atoms with Crippen LogP contribution in [-0.4, -0.2) is 31.1 Å². The average molecular weight is 375 g/mol. The van der Waals surface area contributed by atoms with E-state index in [-0.39, 0.29) is 29.8 Å². The zero-order chi connectivity index (χ0) is 20.2. The van der Waals surface area contributed by atoms with Crippen molar-refractivity contribution in [2.45, 2.75) is 72.3 Å². The first-order valence-electron chi connectivity index (χ1n) is 9.98. The summed E-state index contributed by atoms with van der Waals surface area (Å²) in [5, 5.41) is 5.94. The van der Waals surface area contributed by atoms with Crippen LogP contribution in [-0.2, 0) is 14.3 Å². The van der Waals surface area contributed by atoms with Gasteiger partial charge in [0, 0.05) is 18.8 Å². The molecule has 0 aliphatic carbocycles. The molecule has 1 saturated heterocycles. The lowest BCUT2D eigenvalue weighted by molar-refractivity contribution is -0.138. The Balaban J connectivity index is 2.15. The minimum atomic E-state index is -1.17. The maximum Gasteiger partial charge on any atom is 0.239 e. The van der Waals surface area contributed by atoms with Crippen molar-refractivity contribution in [2.24, 2.45) is 5.41 Å². The summed E-state index contributed by atoms with van der Waals surface area (Å²) in [6.45, 7) is 13.0. The molecule has 1 aromatic rings. The fourth-order valence-electron chi connectivity index (χ4n) is 3.30. The molecule has 150 valence electrons. The van der Waals surface area contributed by atoms with Crippen LogP contribution in [0.25, 0.3) is 0 Å². The molecule has 0 spiro atoms. The lowest BCUT2D eigenvalue weighted by Gasteiger charge is -2.26. The van der Waals surface area contributed by atoms with Crippen LogP contribution >= 0.6 is 0 Å². The highest BCUT2D eigenvalue weighted by molar-refractivity contribution is 6.10. The molecular weight excluding hydrogens is 340 g/mol. The first-order valence-corrected chi connectivity index (χ1v) is 9.98. The van der Waals surface area contributed by atoms with Gasteiger partial charge >= 0.3 is 0 Å². The van der Waals surface area contributed by atoms with E-state index in [1.165, 1.54) is 0 Å². The van der Waals surface area contributed by atoms with Crippen molar-refractivity contribution < 1.29 is 14.3 Å². The molecule has 1 aromatic carbocycles. The Morgan fingerprint density at radius 2 is 1.70 bits per heavy atom. The van der Waals surface area contributed by atoms with Gasteiger partial charge in [-0.05, 0) is 49.7 Å². The van der Waals surface area contributed by atoms with E-state index in [0.29, 0.717) is 6.54 Å². The third-order valence-corrected chi connectivity index (χ3v) is 5.26. The maximum absolute atomic E-state index is 13.0. The standard InChI is InChI=1S/C22H34N2O3/c1-14(2)17-10-7-11-18(15(3)4)19(17)24-21(26)22(5,6)20(25)23-13-16-9-8-12-27-16/h7,10-11,14-16H,8-9,12-13H2,1-6H3,(H,23,25)(H,24,26). The molecule has 1 fully saturated rings. The van der Waals surface area contributed by atoms with E-state index in [9.17, 15) is 9.59 Å². The van der Waals surface area contributed by atoms with E-state index in [1.807, 2.05) is 18.2 Å². The summed E-state index contributed by atoms with van der Waals surface area (Å²) in [6.07, 6.45) is 2.03. The number of para-hydroxylation sites is 1. The Labute approximate surface area is 163 Å². The lowest BCUT2D eigenvalue weighted by atomic mass is 9.88. The molecule has 1 heterocycles. The zero-order valence-electron chi connectivity index (χ0n) is 17.5. The second-order valence-electron chi connectivity index (χ2n) is 8.55. The summed E-state index contributed by atoms with van der Waals surface area (Å²) < 4.78 is 5.54. The Morgan fingerprint density at radius 1 is 1.11 bits per heavy atom. The number of rotatable bonds is 7. The molecule has 0 aromatic heterocycles. The number of ether oxygens (including phenoxy) is 1. The van der Waals surface area contributed by atoms with Crippen LogP contribution in [0, 0.1) is 5.41 Å². The number of benzene rings is 1. The first kappa shape index (κ1) is 21.4. The highest BCUT2D eigenvalue weighted by Crippen LogP contribution is 2.33. The third-order valence-electron chi connectivity index (χ3n) is 5.26. The lowest BCUT2D eigenvalue weighted by Crippen LogP contribution is -2.47. The molecule has 2 amide bonds. The summed E-state index contributed by atoms with van der Waals surface area (Å²) in [5.41, 5.74) is 1.85. The van der Waals surface area contributed by atoms with E-state index in [2.05, 4.69) is 38.3 Å². The highest BCUT2D eigenvalue weighted by Gasteiger charge is 2.37. The second-order valence-corrected chi connectivity index (χ2v) is 8.55. The summed E-state index contributed by atoms with van der Waals surface area (Å²) >= 11 is 0. The molecule has 5 nitrogen and oxygen atoms in total. The van der Waals surface area contributed by atoms with Crippen LogP contribution in [0.2, 0.25) is 0 Å². The van der Waals surface area contributed by atoms with Gasteiger partial charge in [-0.15, -0.1) is 0 Å². The van der Waals surface area contributed by atoms with Crippen molar-refractivity contribution >= 4 is 17.5 Å². The number of hydrogen-bond acceptors (Lipinski definition) is 3. The van der Waals surface area contributed by atoms with Gasteiger partial charge in [0.05, 0.1) is 6.10 Å². The van der Waals surface area contributed by atoms with Crippen LogP contribution in [0.5, 0.6) is 0 Å². The molecule has 0 radical (unpaired) electrons. The molecule has 1 aliphatic heterocycles. The van der Waals surface area contributed by atoms with Gasteiger partial charge in [-0.1, -0.05) is 45.9 Å². The molecule has 2 N–H and O–H groups in total. The Bertz CT molecular complexity index is 648. The van der Waals surface area contributed by atoms with Crippen LogP contribution in [0.4, 0.5) is 5.69 Å². The van der Waals surface area contributed by atoms with Crippen molar-refractivity contribution in [3.8, 4) is 0 Å². The largest absolute Gasteiger partial charge is 0.376 e. The smallest absolute Gasteiger partial charge is 0.239 e. The van der Waals surface area contributed by atoms with Crippen molar-refractivity contribution in [1.29, 1.82) is 0 Å². The molecule has 1 unspecified atom stereocenters. The Hall–Kier alpha value is -1.88. The summed E-state index contributed by atoms with van der Waals surface area (Å²) in [5.74, 6) is -0.0168. The number of nitrogens with one attached hydrogen (secondary N) is 2. The SMILES string of the molecule is CC(C)c1cccc(C(C)C)c1NC(=O)C(C)(C)C(=O)NCC1CCCO1. The molecule has 1 atom stereocenters. The number of carbonyl (C=O) groups is 2. The Morgan fingerprint density at radius 3 is 2.19 bits per heavy atom. The van der Waals surface area contributed by atoms with E-state index in [4.69, 9.17) is 4.74 Å². The minimum Gasteiger partial charge on any atom is -0.376 e. The third kappa shape index (κ3) is 5.10. The van der Waals surface area contributed by atoms with Gasteiger partial charge in [0.1, 0.15) is 5.41 Å². The fraction of sp³-hybridized carbons (Fsp3) is 0.636. The number of anilines is 1. The minimum absolute atomic E-state index is 0.0574. The van der Waals surface area contributed by atoms with E-state index >= 15 is 0 Å². The van der Waals surface area contributed by atoms with Gasteiger partial charge in [-0.3, -0.25) is 9.59 Å².